The van der Waals surface area contributed by atoms with Crippen LogP contribution in [0, 0.1) is 15.9 Å². The Kier molecular flexibility index (Phi) is 3.95. The second-order valence-corrected chi connectivity index (χ2v) is 4.33. The fourth-order valence-electron chi connectivity index (χ4n) is 1.67. The van der Waals surface area contributed by atoms with E-state index in [-0.39, 0.29) is 11.8 Å². The molecule has 0 saturated heterocycles. The molecule has 2 aromatic carbocycles. The molecule has 1 atom stereocenters. The summed E-state index contributed by atoms with van der Waals surface area (Å²) in [5.41, 5.74) is 6.10. The fourth-order valence-corrected chi connectivity index (χ4v) is 1.67. The maximum atomic E-state index is 13.4. The Hall–Kier alpha value is -2.47. The van der Waals surface area contributed by atoms with Crippen LogP contribution in [0.4, 0.5) is 10.1 Å². The van der Waals surface area contributed by atoms with E-state index in [9.17, 15) is 14.5 Å². The number of rotatable bonds is 4. The molecule has 2 N–H and O–H groups in total. The summed E-state index contributed by atoms with van der Waals surface area (Å²) in [7, 11) is 0. The van der Waals surface area contributed by atoms with Crippen molar-refractivity contribution in [3.8, 4) is 11.5 Å². The minimum Gasteiger partial charge on any atom is -0.457 e. The lowest BCUT2D eigenvalue weighted by atomic mass is 10.1. The van der Waals surface area contributed by atoms with Crippen LogP contribution in [0.3, 0.4) is 0 Å². The molecule has 0 aliphatic carbocycles. The Bertz CT molecular complexity index is 627. The number of nitrogens with two attached hydrogens (primary N) is 1. The maximum absolute atomic E-state index is 13.4. The topological polar surface area (TPSA) is 78.4 Å². The molecule has 2 aromatic rings. The SMILES string of the molecule is C[C@@H](N)c1ccc(Oc2ccc([N+](=O)[O-])c(F)c2)cc1. The van der Waals surface area contributed by atoms with Crippen molar-refractivity contribution in [3.05, 3.63) is 64.0 Å². The van der Waals surface area contributed by atoms with Gasteiger partial charge in [0.25, 0.3) is 0 Å². The molecule has 0 unspecified atom stereocenters. The lowest BCUT2D eigenvalue weighted by Crippen LogP contribution is -2.04. The Balaban J connectivity index is 2.17. The third-order valence-corrected chi connectivity index (χ3v) is 2.76. The first-order chi connectivity index (χ1) is 9.47. The maximum Gasteiger partial charge on any atom is 0.305 e. The molecule has 0 radical (unpaired) electrons. The van der Waals surface area contributed by atoms with Crippen LogP contribution in [0.15, 0.2) is 42.5 Å². The van der Waals surface area contributed by atoms with Crippen LogP contribution >= 0.6 is 0 Å². The molecule has 0 amide bonds. The summed E-state index contributed by atoms with van der Waals surface area (Å²) in [5.74, 6) is -0.232. The molecule has 0 aromatic heterocycles. The number of nitro groups is 1. The average molecular weight is 276 g/mol. The van der Waals surface area contributed by atoms with Gasteiger partial charge in [-0.1, -0.05) is 12.1 Å². The van der Waals surface area contributed by atoms with Crippen LogP contribution in [-0.2, 0) is 0 Å². The molecule has 5 nitrogen and oxygen atoms in total. The second kappa shape index (κ2) is 5.66. The largest absolute Gasteiger partial charge is 0.457 e. The molecule has 0 saturated carbocycles. The number of halogens is 1. The van der Waals surface area contributed by atoms with E-state index < -0.39 is 16.4 Å². The van der Waals surface area contributed by atoms with Crippen molar-refractivity contribution in [2.45, 2.75) is 13.0 Å². The van der Waals surface area contributed by atoms with E-state index in [0.717, 1.165) is 17.7 Å². The van der Waals surface area contributed by atoms with E-state index in [0.29, 0.717) is 5.75 Å². The fraction of sp³-hybridized carbons (Fsp3) is 0.143. The van der Waals surface area contributed by atoms with Crippen molar-refractivity contribution in [1.29, 1.82) is 0 Å². The summed E-state index contributed by atoms with van der Waals surface area (Å²) in [6, 6.07) is 10.3. The third kappa shape index (κ3) is 3.10. The summed E-state index contributed by atoms with van der Waals surface area (Å²) < 4.78 is 18.9. The minimum absolute atomic E-state index is 0.0825. The number of nitrogens with zero attached hydrogens (tertiary/aromatic N) is 1. The Morgan fingerprint density at radius 3 is 2.30 bits per heavy atom. The Labute approximate surface area is 114 Å². The van der Waals surface area contributed by atoms with Crippen molar-refractivity contribution in [1.82, 2.24) is 0 Å². The minimum atomic E-state index is -0.931. The van der Waals surface area contributed by atoms with Gasteiger partial charge in [-0.2, -0.15) is 4.39 Å². The van der Waals surface area contributed by atoms with Gasteiger partial charge in [0.2, 0.25) is 5.82 Å². The normalized spacial score (nSPS) is 11.9. The van der Waals surface area contributed by atoms with Gasteiger partial charge < -0.3 is 10.5 Å². The Morgan fingerprint density at radius 1 is 1.20 bits per heavy atom. The van der Waals surface area contributed by atoms with Gasteiger partial charge in [-0.25, -0.2) is 0 Å². The molecule has 0 fully saturated rings. The number of benzene rings is 2. The smallest absolute Gasteiger partial charge is 0.305 e. The first-order valence-corrected chi connectivity index (χ1v) is 5.94. The van der Waals surface area contributed by atoms with Crippen molar-refractivity contribution in [3.63, 3.8) is 0 Å². The molecule has 104 valence electrons. The summed E-state index contributed by atoms with van der Waals surface area (Å²) in [4.78, 5) is 9.72. The van der Waals surface area contributed by atoms with E-state index in [2.05, 4.69) is 0 Å². The first kappa shape index (κ1) is 14.0. The molecule has 0 aliphatic heterocycles. The molecule has 6 heteroatoms. The van der Waals surface area contributed by atoms with Crippen molar-refractivity contribution < 1.29 is 14.1 Å². The predicted molar refractivity (Wildman–Crippen MR) is 72.2 cm³/mol. The number of hydrogen-bond acceptors (Lipinski definition) is 4. The number of nitro benzene ring substituents is 1. The molecule has 0 heterocycles. The molecule has 0 bridgehead atoms. The lowest BCUT2D eigenvalue weighted by Gasteiger charge is -2.08. The molecule has 0 aliphatic rings. The molecular formula is C14H13FN2O3. The highest BCUT2D eigenvalue weighted by Crippen LogP contribution is 2.27. The summed E-state index contributed by atoms with van der Waals surface area (Å²) in [6.07, 6.45) is 0. The van der Waals surface area contributed by atoms with E-state index >= 15 is 0 Å². The van der Waals surface area contributed by atoms with Crippen molar-refractivity contribution in [2.24, 2.45) is 5.73 Å². The van der Waals surface area contributed by atoms with Gasteiger partial charge >= 0.3 is 5.69 Å². The zero-order valence-electron chi connectivity index (χ0n) is 10.7. The van der Waals surface area contributed by atoms with Gasteiger partial charge in [0.15, 0.2) is 0 Å². The van der Waals surface area contributed by atoms with Gasteiger partial charge in [0, 0.05) is 18.2 Å². The van der Waals surface area contributed by atoms with Crippen LogP contribution in [-0.4, -0.2) is 4.92 Å². The number of hydrogen-bond donors (Lipinski definition) is 1. The summed E-state index contributed by atoms with van der Waals surface area (Å²) in [6.45, 7) is 1.86. The molecule has 0 spiro atoms. The highest BCUT2D eigenvalue weighted by molar-refractivity contribution is 5.40. The van der Waals surface area contributed by atoms with E-state index in [4.69, 9.17) is 10.5 Å². The van der Waals surface area contributed by atoms with Crippen LogP contribution in [0.1, 0.15) is 18.5 Å². The Morgan fingerprint density at radius 2 is 1.80 bits per heavy atom. The quantitative estimate of drug-likeness (QED) is 0.684. The van der Waals surface area contributed by atoms with Gasteiger partial charge in [-0.3, -0.25) is 10.1 Å². The summed E-state index contributed by atoms with van der Waals surface area (Å²) >= 11 is 0. The number of ether oxygens (including phenoxy) is 1. The van der Waals surface area contributed by atoms with E-state index in [1.807, 2.05) is 19.1 Å². The average Bonchev–Trinajstić information content (AvgIpc) is 2.39. The zero-order chi connectivity index (χ0) is 14.7. The molecule has 2 rings (SSSR count). The van der Waals surface area contributed by atoms with Gasteiger partial charge in [-0.05, 0) is 30.7 Å². The highest BCUT2D eigenvalue weighted by atomic mass is 19.1. The van der Waals surface area contributed by atoms with Gasteiger partial charge in [0.1, 0.15) is 11.5 Å². The van der Waals surface area contributed by atoms with Gasteiger partial charge in [-0.15, -0.1) is 0 Å². The third-order valence-electron chi connectivity index (χ3n) is 2.76. The second-order valence-electron chi connectivity index (χ2n) is 4.33. The monoisotopic (exact) mass is 276 g/mol. The van der Waals surface area contributed by atoms with E-state index in [1.165, 1.54) is 6.07 Å². The standard InChI is InChI=1S/C14H13FN2O3/c1-9(16)10-2-4-11(5-3-10)20-12-6-7-14(17(18)19)13(15)8-12/h2-9H,16H2,1H3/t9-/m1/s1. The van der Waals surface area contributed by atoms with Crippen molar-refractivity contribution in [2.75, 3.05) is 0 Å². The predicted octanol–water partition coefficient (Wildman–Crippen LogP) is 3.55. The van der Waals surface area contributed by atoms with E-state index in [1.54, 1.807) is 12.1 Å². The van der Waals surface area contributed by atoms with Crippen LogP contribution in [0.25, 0.3) is 0 Å². The lowest BCUT2D eigenvalue weighted by molar-refractivity contribution is -0.387. The van der Waals surface area contributed by atoms with Gasteiger partial charge in [0.05, 0.1) is 4.92 Å². The van der Waals surface area contributed by atoms with Crippen molar-refractivity contribution >= 4 is 5.69 Å². The molecular weight excluding hydrogens is 263 g/mol. The summed E-state index contributed by atoms with van der Waals surface area (Å²) in [5, 5.41) is 10.5. The zero-order valence-corrected chi connectivity index (χ0v) is 10.7. The highest BCUT2D eigenvalue weighted by Gasteiger charge is 2.14. The molecule has 20 heavy (non-hydrogen) atoms. The van der Waals surface area contributed by atoms with Crippen LogP contribution < -0.4 is 10.5 Å². The van der Waals surface area contributed by atoms with Crippen LogP contribution in [0.2, 0.25) is 0 Å². The van der Waals surface area contributed by atoms with Crippen LogP contribution in [0.5, 0.6) is 11.5 Å². The first-order valence-electron chi connectivity index (χ1n) is 5.94.